The predicted molar refractivity (Wildman–Crippen MR) is 55.4 cm³/mol. The van der Waals surface area contributed by atoms with Crippen LogP contribution < -0.4 is 4.74 Å². The Morgan fingerprint density at radius 2 is 2.08 bits per heavy atom. The molecule has 0 aliphatic carbocycles. The van der Waals surface area contributed by atoms with Crippen LogP contribution in [0.1, 0.15) is 22.8 Å². The summed E-state index contributed by atoms with van der Waals surface area (Å²) in [5.74, 6) is 0.749. The molecule has 0 saturated heterocycles. The molecule has 1 aromatic rings. The average Bonchev–Trinajstić information content (AvgIpc) is 2.09. The third kappa shape index (κ3) is 2.10. The van der Waals surface area contributed by atoms with E-state index in [0.717, 1.165) is 10.0 Å². The van der Waals surface area contributed by atoms with Crippen LogP contribution in [0.4, 0.5) is 0 Å². The zero-order valence-corrected chi connectivity index (χ0v) is 9.44. The van der Waals surface area contributed by atoms with Crippen LogP contribution >= 0.6 is 15.9 Å². The molecule has 13 heavy (non-hydrogen) atoms. The minimum atomic E-state index is 0.0499. The molecule has 1 rings (SSSR count). The molecule has 0 saturated carbocycles. The van der Waals surface area contributed by atoms with Crippen molar-refractivity contribution in [1.82, 2.24) is 0 Å². The molecule has 0 heterocycles. The van der Waals surface area contributed by atoms with Crippen LogP contribution in [0, 0.1) is 6.92 Å². The zero-order chi connectivity index (χ0) is 10.0. The van der Waals surface area contributed by atoms with Gasteiger partial charge in [-0.15, -0.1) is 0 Å². The number of rotatable bonds is 2. The topological polar surface area (TPSA) is 26.3 Å². The van der Waals surface area contributed by atoms with E-state index in [0.29, 0.717) is 11.3 Å². The van der Waals surface area contributed by atoms with E-state index in [-0.39, 0.29) is 5.78 Å². The molecule has 0 aliphatic heterocycles. The monoisotopic (exact) mass is 242 g/mol. The fourth-order valence-corrected chi connectivity index (χ4v) is 1.48. The number of ether oxygens (including phenoxy) is 1. The molecule has 70 valence electrons. The number of Topliss-reactive ketones (excluding diaryl/α,β-unsaturated/α-hetero) is 1. The van der Waals surface area contributed by atoms with E-state index < -0.39 is 0 Å². The maximum Gasteiger partial charge on any atom is 0.159 e. The Labute approximate surface area is 86.0 Å². The van der Waals surface area contributed by atoms with Gasteiger partial charge in [0.2, 0.25) is 0 Å². The third-order valence-electron chi connectivity index (χ3n) is 1.85. The van der Waals surface area contributed by atoms with Gasteiger partial charge in [-0.05, 0) is 47.5 Å². The van der Waals surface area contributed by atoms with Crippen LogP contribution in [0.2, 0.25) is 0 Å². The summed E-state index contributed by atoms with van der Waals surface area (Å²) in [6.45, 7) is 3.47. The Bertz CT molecular complexity index is 345. The maximum atomic E-state index is 11.1. The van der Waals surface area contributed by atoms with Crippen molar-refractivity contribution in [2.45, 2.75) is 13.8 Å². The number of ketones is 1. The van der Waals surface area contributed by atoms with E-state index in [4.69, 9.17) is 4.74 Å². The van der Waals surface area contributed by atoms with Gasteiger partial charge in [0, 0.05) is 5.56 Å². The number of aryl methyl sites for hydroxylation is 1. The zero-order valence-electron chi connectivity index (χ0n) is 7.85. The third-order valence-corrected chi connectivity index (χ3v) is 2.86. The molecule has 0 spiro atoms. The summed E-state index contributed by atoms with van der Waals surface area (Å²) in [4.78, 5) is 11.1. The summed E-state index contributed by atoms with van der Waals surface area (Å²) >= 11 is 3.39. The lowest BCUT2D eigenvalue weighted by atomic mass is 10.1. The van der Waals surface area contributed by atoms with E-state index >= 15 is 0 Å². The average molecular weight is 243 g/mol. The predicted octanol–water partition coefficient (Wildman–Crippen LogP) is 2.97. The van der Waals surface area contributed by atoms with Crippen molar-refractivity contribution in [1.29, 1.82) is 0 Å². The van der Waals surface area contributed by atoms with E-state index in [9.17, 15) is 4.79 Å². The molecule has 3 heteroatoms. The number of halogens is 1. The SMILES string of the molecule is COc1cc(C(C)=O)cc(C)c1Br. The fourth-order valence-electron chi connectivity index (χ4n) is 1.09. The van der Waals surface area contributed by atoms with E-state index in [2.05, 4.69) is 15.9 Å². The number of hydrogen-bond acceptors (Lipinski definition) is 2. The summed E-state index contributed by atoms with van der Waals surface area (Å²) < 4.78 is 6.02. The lowest BCUT2D eigenvalue weighted by Gasteiger charge is -2.07. The van der Waals surface area contributed by atoms with Crippen molar-refractivity contribution >= 4 is 21.7 Å². The molecule has 0 atom stereocenters. The van der Waals surface area contributed by atoms with Crippen molar-refractivity contribution in [2.24, 2.45) is 0 Å². The van der Waals surface area contributed by atoms with Gasteiger partial charge in [-0.1, -0.05) is 0 Å². The van der Waals surface area contributed by atoms with Gasteiger partial charge in [-0.2, -0.15) is 0 Å². The van der Waals surface area contributed by atoms with Gasteiger partial charge in [-0.25, -0.2) is 0 Å². The van der Waals surface area contributed by atoms with Gasteiger partial charge in [0.25, 0.3) is 0 Å². The first-order valence-electron chi connectivity index (χ1n) is 3.91. The molecule has 0 aromatic heterocycles. The quantitative estimate of drug-likeness (QED) is 0.746. The lowest BCUT2D eigenvalue weighted by Crippen LogP contribution is -1.96. The van der Waals surface area contributed by atoms with Gasteiger partial charge >= 0.3 is 0 Å². The number of hydrogen-bond donors (Lipinski definition) is 0. The van der Waals surface area contributed by atoms with Gasteiger partial charge in [0.1, 0.15) is 5.75 Å². The molecule has 0 aliphatic rings. The van der Waals surface area contributed by atoms with Crippen molar-refractivity contribution in [2.75, 3.05) is 7.11 Å². The minimum absolute atomic E-state index is 0.0499. The summed E-state index contributed by atoms with van der Waals surface area (Å²) in [6.07, 6.45) is 0. The Morgan fingerprint density at radius 3 is 2.54 bits per heavy atom. The highest BCUT2D eigenvalue weighted by atomic mass is 79.9. The molecule has 0 N–H and O–H groups in total. The van der Waals surface area contributed by atoms with Crippen LogP contribution in [0.5, 0.6) is 5.75 Å². The van der Waals surface area contributed by atoms with Crippen molar-refractivity contribution in [3.63, 3.8) is 0 Å². The summed E-state index contributed by atoms with van der Waals surface area (Å²) in [6, 6.07) is 3.58. The number of benzene rings is 1. The first-order valence-corrected chi connectivity index (χ1v) is 4.70. The summed E-state index contributed by atoms with van der Waals surface area (Å²) in [7, 11) is 1.59. The van der Waals surface area contributed by atoms with Crippen LogP contribution in [0.3, 0.4) is 0 Å². The second-order valence-corrected chi connectivity index (χ2v) is 3.66. The standard InChI is InChI=1S/C10H11BrO2/c1-6-4-8(7(2)12)5-9(13-3)10(6)11/h4-5H,1-3H3. The van der Waals surface area contributed by atoms with Gasteiger partial charge < -0.3 is 4.74 Å². The first-order chi connectivity index (χ1) is 6.06. The van der Waals surface area contributed by atoms with Crippen LogP contribution in [-0.2, 0) is 0 Å². The Kier molecular flexibility index (Phi) is 3.09. The molecular weight excluding hydrogens is 232 g/mol. The molecule has 0 unspecified atom stereocenters. The lowest BCUT2D eigenvalue weighted by molar-refractivity contribution is 0.101. The summed E-state index contributed by atoms with van der Waals surface area (Å²) in [5, 5.41) is 0. The van der Waals surface area contributed by atoms with Gasteiger partial charge in [-0.3, -0.25) is 4.79 Å². The normalized spacial score (nSPS) is 9.85. The smallest absolute Gasteiger partial charge is 0.159 e. The fraction of sp³-hybridized carbons (Fsp3) is 0.300. The molecule has 0 bridgehead atoms. The maximum absolute atomic E-state index is 11.1. The van der Waals surface area contributed by atoms with Gasteiger partial charge in [0.15, 0.2) is 5.78 Å². The Hall–Kier alpha value is -0.830. The highest BCUT2D eigenvalue weighted by molar-refractivity contribution is 9.10. The van der Waals surface area contributed by atoms with E-state index in [1.54, 1.807) is 20.1 Å². The largest absolute Gasteiger partial charge is 0.496 e. The highest BCUT2D eigenvalue weighted by Gasteiger charge is 2.08. The minimum Gasteiger partial charge on any atom is -0.496 e. The number of methoxy groups -OCH3 is 1. The molecule has 0 radical (unpaired) electrons. The van der Waals surface area contributed by atoms with Crippen molar-refractivity contribution in [3.05, 3.63) is 27.7 Å². The number of carbonyl (C=O) groups excluding carboxylic acids is 1. The van der Waals surface area contributed by atoms with Gasteiger partial charge in [0.05, 0.1) is 11.6 Å². The second-order valence-electron chi connectivity index (χ2n) is 2.87. The van der Waals surface area contributed by atoms with Crippen molar-refractivity contribution in [3.8, 4) is 5.75 Å². The number of carbonyl (C=O) groups is 1. The molecule has 2 nitrogen and oxygen atoms in total. The van der Waals surface area contributed by atoms with Crippen molar-refractivity contribution < 1.29 is 9.53 Å². The second kappa shape index (κ2) is 3.92. The highest BCUT2D eigenvalue weighted by Crippen LogP contribution is 2.29. The molecular formula is C10H11BrO2. The Balaban J connectivity index is 3.30. The van der Waals surface area contributed by atoms with Crippen LogP contribution in [-0.4, -0.2) is 12.9 Å². The Morgan fingerprint density at radius 1 is 1.46 bits per heavy atom. The summed E-state index contributed by atoms with van der Waals surface area (Å²) in [5.41, 5.74) is 1.68. The first kappa shape index (κ1) is 10.3. The van der Waals surface area contributed by atoms with Crippen LogP contribution in [0.15, 0.2) is 16.6 Å². The molecule has 1 aromatic carbocycles. The van der Waals surface area contributed by atoms with E-state index in [1.807, 2.05) is 13.0 Å². The van der Waals surface area contributed by atoms with E-state index in [1.165, 1.54) is 0 Å². The van der Waals surface area contributed by atoms with Crippen LogP contribution in [0.25, 0.3) is 0 Å². The molecule has 0 amide bonds. The molecule has 0 fully saturated rings.